The Morgan fingerprint density at radius 3 is 2.89 bits per heavy atom. The van der Waals surface area contributed by atoms with Crippen LogP contribution in [0.4, 0.5) is 5.69 Å². The summed E-state index contributed by atoms with van der Waals surface area (Å²) in [5, 5.41) is 10.1. The number of hydrogen-bond acceptors (Lipinski definition) is 3. The minimum absolute atomic E-state index is 0.0364. The predicted octanol–water partition coefficient (Wildman–Crippen LogP) is 3.14. The van der Waals surface area contributed by atoms with Gasteiger partial charge in [-0.1, -0.05) is 35.9 Å². The quantitative estimate of drug-likeness (QED) is 0.545. The molecule has 0 saturated heterocycles. The highest BCUT2D eigenvalue weighted by Crippen LogP contribution is 2.31. The molecule has 0 radical (unpaired) electrons. The van der Waals surface area contributed by atoms with Crippen molar-refractivity contribution in [2.24, 2.45) is 4.99 Å². The van der Waals surface area contributed by atoms with Crippen molar-refractivity contribution >= 4 is 29.2 Å². The molecule has 6 nitrogen and oxygen atoms in total. The average Bonchev–Trinajstić information content (AvgIpc) is 2.68. The van der Waals surface area contributed by atoms with Crippen LogP contribution in [0.15, 0.2) is 47.5 Å². The molecule has 0 saturated carbocycles. The zero-order chi connectivity index (χ0) is 19.2. The Kier molecular flexibility index (Phi) is 6.19. The number of hydrogen-bond donors (Lipinski definition) is 3. The number of carbonyl (C=O) groups is 1. The third-order valence-corrected chi connectivity index (χ3v) is 4.78. The highest BCUT2D eigenvalue weighted by atomic mass is 35.5. The van der Waals surface area contributed by atoms with Crippen molar-refractivity contribution in [1.29, 1.82) is 0 Å². The topological polar surface area (TPSA) is 74.8 Å². The van der Waals surface area contributed by atoms with Gasteiger partial charge in [-0.15, -0.1) is 0 Å². The highest BCUT2D eigenvalue weighted by molar-refractivity contribution is 6.30. The average molecular weight is 387 g/mol. The summed E-state index contributed by atoms with van der Waals surface area (Å²) in [6.45, 7) is 1.16. The number of ether oxygens (including phenoxy) is 1. The van der Waals surface area contributed by atoms with Crippen LogP contribution in [0.2, 0.25) is 5.02 Å². The molecule has 0 aliphatic carbocycles. The van der Waals surface area contributed by atoms with Gasteiger partial charge in [0.2, 0.25) is 5.91 Å². The Labute approximate surface area is 164 Å². The van der Waals surface area contributed by atoms with E-state index in [2.05, 4.69) is 27.0 Å². The van der Waals surface area contributed by atoms with Crippen molar-refractivity contribution in [3.05, 3.63) is 58.6 Å². The second-order valence-corrected chi connectivity index (χ2v) is 6.74. The second-order valence-electron chi connectivity index (χ2n) is 6.30. The van der Waals surface area contributed by atoms with Gasteiger partial charge in [0.15, 0.2) is 5.96 Å². The molecule has 7 heteroatoms. The maximum atomic E-state index is 11.9. The molecule has 2 aromatic rings. The Balaban J connectivity index is 1.61. The van der Waals surface area contributed by atoms with Crippen LogP contribution >= 0.6 is 11.6 Å². The van der Waals surface area contributed by atoms with E-state index >= 15 is 0 Å². The molecule has 1 atom stereocenters. The smallest absolute Gasteiger partial charge is 0.225 e. The molecule has 27 heavy (non-hydrogen) atoms. The normalized spacial score (nSPS) is 16.3. The van der Waals surface area contributed by atoms with E-state index in [1.807, 2.05) is 30.3 Å². The maximum Gasteiger partial charge on any atom is 0.225 e. The summed E-state index contributed by atoms with van der Waals surface area (Å²) in [6, 6.07) is 13.4. The van der Waals surface area contributed by atoms with Crippen LogP contribution in [0.1, 0.15) is 23.5 Å². The summed E-state index contributed by atoms with van der Waals surface area (Å²) < 4.78 is 5.37. The molecule has 1 amide bonds. The van der Waals surface area contributed by atoms with Crippen molar-refractivity contribution in [3.63, 3.8) is 0 Å². The van der Waals surface area contributed by atoms with Crippen LogP contribution in [0.5, 0.6) is 5.75 Å². The Morgan fingerprint density at radius 1 is 1.30 bits per heavy atom. The molecular formula is C20H23ClN4O2. The molecule has 1 aliphatic rings. The molecule has 0 aromatic heterocycles. The van der Waals surface area contributed by atoms with Crippen molar-refractivity contribution in [1.82, 2.24) is 10.6 Å². The molecule has 1 aliphatic heterocycles. The largest absolute Gasteiger partial charge is 0.496 e. The standard InChI is InChI=1S/C20H23ClN4O2/c1-22-20(23-11-13-7-8-15(21)10-18(13)27-2)24-12-14-9-19(26)25-17-6-4-3-5-16(14)17/h3-8,10,14H,9,11-12H2,1-2H3,(H,25,26)(H2,22,23,24). The van der Waals surface area contributed by atoms with Crippen LogP contribution in [0.3, 0.4) is 0 Å². The van der Waals surface area contributed by atoms with E-state index in [1.165, 1.54) is 0 Å². The number of rotatable bonds is 5. The Hall–Kier alpha value is -2.73. The van der Waals surface area contributed by atoms with E-state index in [9.17, 15) is 4.79 Å². The van der Waals surface area contributed by atoms with Gasteiger partial charge in [-0.2, -0.15) is 0 Å². The number of guanidine groups is 1. The minimum Gasteiger partial charge on any atom is -0.496 e. The first kappa shape index (κ1) is 19.0. The van der Waals surface area contributed by atoms with Gasteiger partial charge in [-0.3, -0.25) is 9.79 Å². The summed E-state index contributed by atoms with van der Waals surface area (Å²) >= 11 is 6.01. The maximum absolute atomic E-state index is 11.9. The number of nitrogens with zero attached hydrogens (tertiary/aromatic N) is 1. The van der Waals surface area contributed by atoms with Crippen molar-refractivity contribution in [2.75, 3.05) is 26.0 Å². The Bertz CT molecular complexity index is 854. The first-order valence-corrected chi connectivity index (χ1v) is 9.14. The van der Waals surface area contributed by atoms with Crippen LogP contribution in [-0.4, -0.2) is 32.6 Å². The fourth-order valence-electron chi connectivity index (χ4n) is 3.17. The van der Waals surface area contributed by atoms with E-state index in [-0.39, 0.29) is 11.8 Å². The highest BCUT2D eigenvalue weighted by Gasteiger charge is 2.24. The molecule has 2 aromatic carbocycles. The predicted molar refractivity (Wildman–Crippen MR) is 109 cm³/mol. The zero-order valence-corrected chi connectivity index (χ0v) is 16.1. The fourth-order valence-corrected chi connectivity index (χ4v) is 3.33. The van der Waals surface area contributed by atoms with Crippen LogP contribution in [0, 0.1) is 0 Å². The SMILES string of the molecule is CN=C(NCc1ccc(Cl)cc1OC)NCC1CC(=O)Nc2ccccc21. The van der Waals surface area contributed by atoms with E-state index < -0.39 is 0 Å². The summed E-state index contributed by atoms with van der Waals surface area (Å²) in [5.74, 6) is 1.52. The number of aliphatic imine (C=N–C) groups is 1. The lowest BCUT2D eigenvalue weighted by Gasteiger charge is -2.26. The fraction of sp³-hybridized carbons (Fsp3) is 0.300. The van der Waals surface area contributed by atoms with Crippen molar-refractivity contribution in [3.8, 4) is 5.75 Å². The lowest BCUT2D eigenvalue weighted by Crippen LogP contribution is -2.40. The summed E-state index contributed by atoms with van der Waals surface area (Å²) in [5.41, 5.74) is 3.00. The van der Waals surface area contributed by atoms with Crippen molar-refractivity contribution < 1.29 is 9.53 Å². The molecule has 1 heterocycles. The molecule has 3 N–H and O–H groups in total. The van der Waals surface area contributed by atoms with Gasteiger partial charge in [0.1, 0.15) is 5.75 Å². The Morgan fingerprint density at radius 2 is 2.11 bits per heavy atom. The second kappa shape index (κ2) is 8.77. The number of nitrogens with one attached hydrogen (secondary N) is 3. The van der Waals surface area contributed by atoms with E-state index in [1.54, 1.807) is 20.2 Å². The molecule has 3 rings (SSSR count). The van der Waals surface area contributed by atoms with Gasteiger partial charge in [-0.05, 0) is 23.8 Å². The number of methoxy groups -OCH3 is 1. The lowest BCUT2D eigenvalue weighted by molar-refractivity contribution is -0.116. The van der Waals surface area contributed by atoms with Gasteiger partial charge in [0.05, 0.1) is 7.11 Å². The first-order valence-electron chi connectivity index (χ1n) is 8.76. The van der Waals surface area contributed by atoms with Gasteiger partial charge in [0.25, 0.3) is 0 Å². The van der Waals surface area contributed by atoms with E-state index in [0.29, 0.717) is 30.5 Å². The molecular weight excluding hydrogens is 364 g/mol. The number of anilines is 1. The van der Waals surface area contributed by atoms with Crippen LogP contribution in [0.25, 0.3) is 0 Å². The van der Waals surface area contributed by atoms with Gasteiger partial charge < -0.3 is 20.7 Å². The molecule has 0 bridgehead atoms. The van der Waals surface area contributed by atoms with Crippen LogP contribution in [-0.2, 0) is 11.3 Å². The zero-order valence-electron chi connectivity index (χ0n) is 15.4. The molecule has 1 unspecified atom stereocenters. The number of fused-ring (bicyclic) bond motifs is 1. The van der Waals surface area contributed by atoms with Crippen molar-refractivity contribution in [2.45, 2.75) is 18.9 Å². The lowest BCUT2D eigenvalue weighted by atomic mass is 9.90. The number of amides is 1. The molecule has 142 valence electrons. The van der Waals surface area contributed by atoms with Gasteiger partial charge >= 0.3 is 0 Å². The molecule has 0 spiro atoms. The number of benzene rings is 2. The van der Waals surface area contributed by atoms with Crippen LogP contribution < -0.4 is 20.7 Å². The molecule has 0 fully saturated rings. The number of para-hydroxylation sites is 1. The van der Waals surface area contributed by atoms with E-state index in [4.69, 9.17) is 16.3 Å². The third kappa shape index (κ3) is 4.71. The first-order chi connectivity index (χ1) is 13.1. The number of halogens is 1. The summed E-state index contributed by atoms with van der Waals surface area (Å²) in [7, 11) is 3.34. The van der Waals surface area contributed by atoms with E-state index in [0.717, 1.165) is 22.6 Å². The summed E-state index contributed by atoms with van der Waals surface area (Å²) in [4.78, 5) is 16.2. The monoisotopic (exact) mass is 386 g/mol. The number of carbonyl (C=O) groups excluding carboxylic acids is 1. The minimum atomic E-state index is 0.0364. The third-order valence-electron chi connectivity index (χ3n) is 4.54. The summed E-state index contributed by atoms with van der Waals surface area (Å²) in [6.07, 6.45) is 0.450. The van der Waals surface area contributed by atoms with Gasteiger partial charge in [-0.25, -0.2) is 0 Å². The van der Waals surface area contributed by atoms with Gasteiger partial charge in [0, 0.05) is 48.7 Å².